The number of carbonyl (C=O) groups is 1. The summed E-state index contributed by atoms with van der Waals surface area (Å²) in [5.74, 6) is -0.130. The minimum absolute atomic E-state index is 0.130. The number of nitrogens with one attached hydrogen (secondary N) is 1. The van der Waals surface area contributed by atoms with Gasteiger partial charge in [0.15, 0.2) is 0 Å². The molecule has 2 heterocycles. The van der Waals surface area contributed by atoms with E-state index in [1.807, 2.05) is 61.0 Å². The molecule has 0 spiro atoms. The number of nitrogens with zero attached hydrogens (tertiary/aromatic N) is 1. The predicted octanol–water partition coefficient (Wildman–Crippen LogP) is 5.14. The van der Waals surface area contributed by atoms with Gasteiger partial charge >= 0.3 is 0 Å². The smallest absolute Gasteiger partial charge is 0.248 e. The fourth-order valence-corrected chi connectivity index (χ4v) is 3.55. The monoisotopic (exact) mass is 340 g/mol. The first-order valence-corrected chi connectivity index (χ1v) is 8.93. The number of hydrogen-bond donors (Lipinski definition) is 1. The molecular formula is C18H16N2OS2. The summed E-state index contributed by atoms with van der Waals surface area (Å²) >= 11 is 3.26. The lowest BCUT2D eigenvalue weighted by molar-refractivity contribution is -0.111. The number of aryl methyl sites for hydroxylation is 2. The highest BCUT2D eigenvalue weighted by molar-refractivity contribution is 7.11. The van der Waals surface area contributed by atoms with Gasteiger partial charge in [0.2, 0.25) is 5.91 Å². The molecule has 0 aliphatic heterocycles. The average molecular weight is 340 g/mol. The van der Waals surface area contributed by atoms with E-state index < -0.39 is 0 Å². The van der Waals surface area contributed by atoms with E-state index >= 15 is 0 Å². The summed E-state index contributed by atoms with van der Waals surface area (Å²) in [6.07, 6.45) is 3.41. The van der Waals surface area contributed by atoms with Gasteiger partial charge in [0.1, 0.15) is 0 Å². The Balaban J connectivity index is 1.65. The zero-order valence-electron chi connectivity index (χ0n) is 12.9. The molecule has 0 saturated heterocycles. The third-order valence-corrected chi connectivity index (χ3v) is 5.11. The number of thiazole rings is 1. The first-order valence-electron chi connectivity index (χ1n) is 7.17. The second kappa shape index (κ2) is 6.89. The minimum atomic E-state index is -0.130. The third kappa shape index (κ3) is 3.94. The Morgan fingerprint density at radius 3 is 2.52 bits per heavy atom. The lowest BCUT2D eigenvalue weighted by atomic mass is 10.1. The molecule has 0 aliphatic rings. The summed E-state index contributed by atoms with van der Waals surface area (Å²) in [6.45, 7) is 4.03. The van der Waals surface area contributed by atoms with E-state index in [0.717, 1.165) is 26.8 Å². The fourth-order valence-electron chi connectivity index (χ4n) is 2.11. The molecule has 1 aromatic carbocycles. The maximum Gasteiger partial charge on any atom is 0.248 e. The summed E-state index contributed by atoms with van der Waals surface area (Å²) in [4.78, 5) is 17.5. The van der Waals surface area contributed by atoms with Crippen LogP contribution in [-0.4, -0.2) is 10.9 Å². The molecule has 116 valence electrons. The van der Waals surface area contributed by atoms with Crippen molar-refractivity contribution in [3.8, 4) is 11.3 Å². The molecule has 3 rings (SSSR count). The lowest BCUT2D eigenvalue weighted by Crippen LogP contribution is -2.07. The van der Waals surface area contributed by atoms with Crippen LogP contribution in [0.1, 0.15) is 15.4 Å². The molecule has 0 radical (unpaired) electrons. The van der Waals surface area contributed by atoms with E-state index in [0.29, 0.717) is 0 Å². The lowest BCUT2D eigenvalue weighted by Gasteiger charge is -2.03. The standard InChI is InChI=1S/C18H16N2OS2/c1-12-9-10-22-17(12)7-8-18(21)20-15-5-3-14(4-6-15)16-11-23-13(2)19-16/h3-11H,1-2H3,(H,20,21)/b8-7+. The highest BCUT2D eigenvalue weighted by Gasteiger charge is 2.03. The van der Waals surface area contributed by atoms with Crippen LogP contribution in [0.2, 0.25) is 0 Å². The van der Waals surface area contributed by atoms with Gasteiger partial charge in [-0.3, -0.25) is 4.79 Å². The highest BCUT2D eigenvalue weighted by atomic mass is 32.1. The normalized spacial score (nSPS) is 11.0. The number of hydrogen-bond acceptors (Lipinski definition) is 4. The molecule has 3 nitrogen and oxygen atoms in total. The summed E-state index contributed by atoms with van der Waals surface area (Å²) in [5.41, 5.74) is 3.98. The van der Waals surface area contributed by atoms with E-state index in [4.69, 9.17) is 0 Å². The van der Waals surface area contributed by atoms with Crippen LogP contribution in [0.25, 0.3) is 17.3 Å². The SMILES string of the molecule is Cc1nc(-c2ccc(NC(=O)/C=C/c3sccc3C)cc2)cs1. The minimum Gasteiger partial charge on any atom is -0.323 e. The highest BCUT2D eigenvalue weighted by Crippen LogP contribution is 2.23. The molecule has 5 heteroatoms. The van der Waals surface area contributed by atoms with E-state index in [2.05, 4.69) is 10.3 Å². The fraction of sp³-hybridized carbons (Fsp3) is 0.111. The molecule has 1 N–H and O–H groups in total. The van der Waals surface area contributed by atoms with E-state index in [9.17, 15) is 4.79 Å². The van der Waals surface area contributed by atoms with Crippen molar-refractivity contribution in [3.05, 3.63) is 62.6 Å². The van der Waals surface area contributed by atoms with Crippen LogP contribution in [0, 0.1) is 13.8 Å². The molecule has 0 aliphatic carbocycles. The molecule has 3 aromatic rings. The van der Waals surface area contributed by atoms with Crippen LogP contribution in [0.5, 0.6) is 0 Å². The van der Waals surface area contributed by atoms with Crippen LogP contribution in [0.15, 0.2) is 47.2 Å². The molecule has 0 saturated carbocycles. The Morgan fingerprint density at radius 1 is 1.13 bits per heavy atom. The summed E-state index contributed by atoms with van der Waals surface area (Å²) < 4.78 is 0. The van der Waals surface area contributed by atoms with Gasteiger partial charge in [0, 0.05) is 27.6 Å². The van der Waals surface area contributed by atoms with Crippen molar-refractivity contribution in [2.75, 3.05) is 5.32 Å². The second-order valence-electron chi connectivity index (χ2n) is 5.12. The van der Waals surface area contributed by atoms with E-state index in [-0.39, 0.29) is 5.91 Å². The Morgan fingerprint density at radius 2 is 1.91 bits per heavy atom. The first-order chi connectivity index (χ1) is 11.1. The number of aromatic nitrogens is 1. The number of benzene rings is 1. The third-order valence-electron chi connectivity index (χ3n) is 3.36. The van der Waals surface area contributed by atoms with Gasteiger partial charge in [0.25, 0.3) is 0 Å². The van der Waals surface area contributed by atoms with Gasteiger partial charge in [-0.1, -0.05) is 12.1 Å². The first kappa shape index (κ1) is 15.6. The van der Waals surface area contributed by atoms with E-state index in [1.165, 1.54) is 5.56 Å². The van der Waals surface area contributed by atoms with Crippen LogP contribution >= 0.6 is 22.7 Å². The van der Waals surface area contributed by atoms with Crippen molar-refractivity contribution in [3.63, 3.8) is 0 Å². The zero-order chi connectivity index (χ0) is 16.2. The van der Waals surface area contributed by atoms with Crippen molar-refractivity contribution >= 4 is 40.3 Å². The Kier molecular flexibility index (Phi) is 4.69. The maximum atomic E-state index is 12.0. The molecule has 0 atom stereocenters. The number of thiophene rings is 1. The van der Waals surface area contributed by atoms with Gasteiger partial charge in [-0.05, 0) is 49.1 Å². The van der Waals surface area contributed by atoms with Crippen LogP contribution < -0.4 is 5.32 Å². The maximum absolute atomic E-state index is 12.0. The molecule has 1 amide bonds. The van der Waals surface area contributed by atoms with Crippen LogP contribution in [0.4, 0.5) is 5.69 Å². The molecule has 0 unspecified atom stereocenters. The second-order valence-corrected chi connectivity index (χ2v) is 7.13. The van der Waals surface area contributed by atoms with Gasteiger partial charge in [-0.15, -0.1) is 22.7 Å². The van der Waals surface area contributed by atoms with Gasteiger partial charge in [-0.25, -0.2) is 4.98 Å². The number of anilines is 1. The molecule has 0 fully saturated rings. The number of carbonyl (C=O) groups excluding carboxylic acids is 1. The van der Waals surface area contributed by atoms with Crippen molar-refractivity contribution < 1.29 is 4.79 Å². The largest absolute Gasteiger partial charge is 0.323 e. The van der Waals surface area contributed by atoms with Crippen LogP contribution in [-0.2, 0) is 4.79 Å². The van der Waals surface area contributed by atoms with Gasteiger partial charge in [0.05, 0.1) is 10.7 Å². The number of rotatable bonds is 4. The van der Waals surface area contributed by atoms with Crippen molar-refractivity contribution in [2.45, 2.75) is 13.8 Å². The molecule has 2 aromatic heterocycles. The van der Waals surface area contributed by atoms with Crippen molar-refractivity contribution in [2.24, 2.45) is 0 Å². The Labute approximate surface area is 143 Å². The Hall–Kier alpha value is -2.24. The van der Waals surface area contributed by atoms with Crippen molar-refractivity contribution in [1.82, 2.24) is 4.98 Å². The van der Waals surface area contributed by atoms with Gasteiger partial charge in [-0.2, -0.15) is 0 Å². The molecular weight excluding hydrogens is 324 g/mol. The Bertz CT molecular complexity index is 844. The molecule has 0 bridgehead atoms. The van der Waals surface area contributed by atoms with E-state index in [1.54, 1.807) is 28.7 Å². The topological polar surface area (TPSA) is 42.0 Å². The zero-order valence-corrected chi connectivity index (χ0v) is 14.5. The van der Waals surface area contributed by atoms with Crippen LogP contribution in [0.3, 0.4) is 0 Å². The summed E-state index contributed by atoms with van der Waals surface area (Å²) in [6, 6.07) is 9.77. The van der Waals surface area contributed by atoms with Gasteiger partial charge < -0.3 is 5.32 Å². The summed E-state index contributed by atoms with van der Waals surface area (Å²) in [7, 11) is 0. The average Bonchev–Trinajstić information content (AvgIpc) is 3.15. The summed E-state index contributed by atoms with van der Waals surface area (Å²) in [5, 5.41) is 7.97. The predicted molar refractivity (Wildman–Crippen MR) is 99.0 cm³/mol. The number of amides is 1. The van der Waals surface area contributed by atoms with Crippen molar-refractivity contribution in [1.29, 1.82) is 0 Å². The quantitative estimate of drug-likeness (QED) is 0.668. The molecule has 23 heavy (non-hydrogen) atoms.